The third kappa shape index (κ3) is 4.51. The summed E-state index contributed by atoms with van der Waals surface area (Å²) in [6.45, 7) is 6.27. The van der Waals surface area contributed by atoms with Crippen LogP contribution in [0.2, 0.25) is 0 Å². The molecule has 3 aromatic rings. The third-order valence-electron chi connectivity index (χ3n) is 4.64. The number of hydrogen-bond donors (Lipinski definition) is 2. The van der Waals surface area contributed by atoms with Gasteiger partial charge in [0.2, 0.25) is 0 Å². The SMILES string of the molecule is CC(C)Oc1ccc(-c2cc3nccnc3c(NCC3=CCCNC3)n2)cc1F. The zero-order valence-electron chi connectivity index (χ0n) is 16.6. The van der Waals surface area contributed by atoms with Crippen molar-refractivity contribution in [2.75, 3.05) is 25.0 Å². The highest BCUT2D eigenvalue weighted by Crippen LogP contribution is 2.29. The lowest BCUT2D eigenvalue weighted by molar-refractivity contribution is 0.231. The standard InChI is InChI=1S/C22H24FN5O/c1-14(2)29-20-6-5-16(10-17(20)23)18-11-19-21(26-9-8-25-19)22(28-18)27-13-15-4-3-7-24-12-15/h4-6,8-11,14,24H,3,7,12-13H2,1-2H3,(H,27,28). The first-order valence-corrected chi connectivity index (χ1v) is 9.81. The van der Waals surface area contributed by atoms with Crippen LogP contribution in [0.15, 0.2) is 48.3 Å². The van der Waals surface area contributed by atoms with E-state index >= 15 is 0 Å². The number of anilines is 1. The Morgan fingerprint density at radius 3 is 2.83 bits per heavy atom. The van der Waals surface area contributed by atoms with Gasteiger partial charge in [-0.2, -0.15) is 0 Å². The molecule has 0 atom stereocenters. The fourth-order valence-corrected chi connectivity index (χ4v) is 3.28. The number of ether oxygens (including phenoxy) is 1. The van der Waals surface area contributed by atoms with Gasteiger partial charge in [0.15, 0.2) is 17.4 Å². The number of pyridine rings is 1. The molecule has 0 saturated carbocycles. The molecule has 0 unspecified atom stereocenters. The average Bonchev–Trinajstić information content (AvgIpc) is 2.73. The summed E-state index contributed by atoms with van der Waals surface area (Å²) in [5.41, 5.74) is 3.97. The molecule has 7 heteroatoms. The van der Waals surface area contributed by atoms with Crippen molar-refractivity contribution in [3.05, 3.63) is 54.1 Å². The molecule has 2 N–H and O–H groups in total. The minimum absolute atomic E-state index is 0.0937. The molecule has 1 aliphatic rings. The predicted octanol–water partition coefficient (Wildman–Crippen LogP) is 3.95. The summed E-state index contributed by atoms with van der Waals surface area (Å²) in [5.74, 6) is 0.463. The second kappa shape index (κ2) is 8.53. The second-order valence-corrected chi connectivity index (χ2v) is 7.27. The molecule has 4 rings (SSSR count). The lowest BCUT2D eigenvalue weighted by Gasteiger charge is -2.16. The molecule has 0 radical (unpaired) electrons. The van der Waals surface area contributed by atoms with Crippen LogP contribution in [0, 0.1) is 5.82 Å². The van der Waals surface area contributed by atoms with Crippen molar-refractivity contribution >= 4 is 16.9 Å². The predicted molar refractivity (Wildman–Crippen MR) is 113 cm³/mol. The van der Waals surface area contributed by atoms with Gasteiger partial charge in [0.25, 0.3) is 0 Å². The molecule has 1 aromatic carbocycles. The smallest absolute Gasteiger partial charge is 0.165 e. The minimum atomic E-state index is -0.412. The van der Waals surface area contributed by atoms with Crippen molar-refractivity contribution in [3.63, 3.8) is 0 Å². The molecule has 6 nitrogen and oxygen atoms in total. The van der Waals surface area contributed by atoms with Crippen molar-refractivity contribution in [1.82, 2.24) is 20.3 Å². The largest absolute Gasteiger partial charge is 0.488 e. The van der Waals surface area contributed by atoms with E-state index in [-0.39, 0.29) is 11.9 Å². The molecular weight excluding hydrogens is 369 g/mol. The number of rotatable bonds is 6. The van der Waals surface area contributed by atoms with Gasteiger partial charge in [-0.25, -0.2) is 14.4 Å². The molecule has 2 aromatic heterocycles. The first-order chi connectivity index (χ1) is 14.1. The zero-order valence-corrected chi connectivity index (χ0v) is 16.6. The van der Waals surface area contributed by atoms with Crippen LogP contribution in [-0.2, 0) is 0 Å². The van der Waals surface area contributed by atoms with E-state index in [0.717, 1.165) is 19.5 Å². The third-order valence-corrected chi connectivity index (χ3v) is 4.64. The Bertz CT molecular complexity index is 1050. The van der Waals surface area contributed by atoms with E-state index in [1.54, 1.807) is 18.5 Å². The maximum absolute atomic E-state index is 14.5. The second-order valence-electron chi connectivity index (χ2n) is 7.27. The fourth-order valence-electron chi connectivity index (χ4n) is 3.28. The lowest BCUT2D eigenvalue weighted by Crippen LogP contribution is -2.25. The number of aromatic nitrogens is 3. The first-order valence-electron chi connectivity index (χ1n) is 9.81. The molecule has 0 saturated heterocycles. The topological polar surface area (TPSA) is 72.0 Å². The van der Waals surface area contributed by atoms with E-state index in [2.05, 4.69) is 26.7 Å². The minimum Gasteiger partial charge on any atom is -0.488 e. The summed E-state index contributed by atoms with van der Waals surface area (Å²) in [6.07, 6.45) is 6.46. The number of nitrogens with one attached hydrogen (secondary N) is 2. The van der Waals surface area contributed by atoms with Gasteiger partial charge in [0.1, 0.15) is 5.52 Å². The maximum Gasteiger partial charge on any atom is 0.165 e. The van der Waals surface area contributed by atoms with E-state index in [1.807, 2.05) is 26.0 Å². The molecule has 150 valence electrons. The van der Waals surface area contributed by atoms with Crippen LogP contribution >= 0.6 is 0 Å². The number of nitrogens with zero attached hydrogens (tertiary/aromatic N) is 3. The van der Waals surface area contributed by atoms with E-state index in [1.165, 1.54) is 11.6 Å². The Morgan fingerprint density at radius 1 is 1.21 bits per heavy atom. The highest BCUT2D eigenvalue weighted by atomic mass is 19.1. The van der Waals surface area contributed by atoms with Gasteiger partial charge in [0, 0.05) is 31.0 Å². The van der Waals surface area contributed by atoms with E-state index in [4.69, 9.17) is 9.72 Å². The number of benzene rings is 1. The zero-order chi connectivity index (χ0) is 20.2. The van der Waals surface area contributed by atoms with Crippen molar-refractivity contribution < 1.29 is 9.13 Å². The molecule has 1 aliphatic heterocycles. The van der Waals surface area contributed by atoms with Crippen LogP contribution in [0.1, 0.15) is 20.3 Å². The summed E-state index contributed by atoms with van der Waals surface area (Å²) in [4.78, 5) is 13.6. The molecule has 0 fully saturated rings. The number of hydrogen-bond acceptors (Lipinski definition) is 6. The Kier molecular flexibility index (Phi) is 5.67. The summed E-state index contributed by atoms with van der Waals surface area (Å²) in [6, 6.07) is 6.72. The van der Waals surface area contributed by atoms with Crippen molar-refractivity contribution in [2.24, 2.45) is 0 Å². The van der Waals surface area contributed by atoms with Crippen molar-refractivity contribution in [1.29, 1.82) is 0 Å². The normalized spacial score (nSPS) is 14.1. The van der Waals surface area contributed by atoms with Crippen LogP contribution < -0.4 is 15.4 Å². The summed E-state index contributed by atoms with van der Waals surface area (Å²) in [7, 11) is 0. The van der Waals surface area contributed by atoms with Crippen LogP contribution in [0.25, 0.3) is 22.3 Å². The van der Waals surface area contributed by atoms with Crippen LogP contribution in [-0.4, -0.2) is 40.7 Å². The summed E-state index contributed by atoms with van der Waals surface area (Å²) < 4.78 is 20.0. The highest BCUT2D eigenvalue weighted by molar-refractivity contribution is 5.88. The number of halogens is 1. The molecular formula is C22H24FN5O. The Morgan fingerprint density at radius 2 is 2.07 bits per heavy atom. The summed E-state index contributed by atoms with van der Waals surface area (Å²) in [5, 5.41) is 6.74. The van der Waals surface area contributed by atoms with Crippen LogP contribution in [0.3, 0.4) is 0 Å². The van der Waals surface area contributed by atoms with E-state index in [0.29, 0.717) is 34.7 Å². The maximum atomic E-state index is 14.5. The first kappa shape index (κ1) is 19.3. The number of fused-ring (bicyclic) bond motifs is 1. The van der Waals surface area contributed by atoms with Gasteiger partial charge in [-0.05, 0) is 56.7 Å². The Hall–Kier alpha value is -3.06. The van der Waals surface area contributed by atoms with E-state index < -0.39 is 5.82 Å². The fraction of sp³-hybridized carbons (Fsp3) is 0.318. The van der Waals surface area contributed by atoms with E-state index in [9.17, 15) is 4.39 Å². The molecule has 29 heavy (non-hydrogen) atoms. The van der Waals surface area contributed by atoms with Gasteiger partial charge in [-0.15, -0.1) is 0 Å². The quantitative estimate of drug-likeness (QED) is 0.618. The monoisotopic (exact) mass is 393 g/mol. The molecule has 3 heterocycles. The van der Waals surface area contributed by atoms with Crippen LogP contribution in [0.4, 0.5) is 10.2 Å². The van der Waals surface area contributed by atoms with Gasteiger partial charge < -0.3 is 15.4 Å². The van der Waals surface area contributed by atoms with Gasteiger partial charge >= 0.3 is 0 Å². The molecule has 0 spiro atoms. The van der Waals surface area contributed by atoms with Gasteiger partial charge in [-0.1, -0.05) is 6.08 Å². The average molecular weight is 393 g/mol. The molecule has 0 amide bonds. The van der Waals surface area contributed by atoms with Gasteiger partial charge in [0.05, 0.1) is 17.3 Å². The van der Waals surface area contributed by atoms with Crippen molar-refractivity contribution in [3.8, 4) is 17.0 Å². The van der Waals surface area contributed by atoms with Crippen LogP contribution in [0.5, 0.6) is 5.75 Å². The Balaban J connectivity index is 1.68. The summed E-state index contributed by atoms with van der Waals surface area (Å²) >= 11 is 0. The van der Waals surface area contributed by atoms with Gasteiger partial charge in [-0.3, -0.25) is 4.98 Å². The lowest BCUT2D eigenvalue weighted by atomic mass is 10.1. The molecule has 0 bridgehead atoms. The Labute approximate surface area is 169 Å². The molecule has 0 aliphatic carbocycles. The highest BCUT2D eigenvalue weighted by Gasteiger charge is 2.13. The van der Waals surface area contributed by atoms with Crippen molar-refractivity contribution in [2.45, 2.75) is 26.4 Å².